The molecule has 0 radical (unpaired) electrons. The van der Waals surface area contributed by atoms with Crippen molar-refractivity contribution in [2.75, 3.05) is 0 Å². The topological polar surface area (TPSA) is 132 Å². The summed E-state index contributed by atoms with van der Waals surface area (Å²) in [6, 6.07) is 152. The summed E-state index contributed by atoms with van der Waals surface area (Å²) >= 11 is 5.60. The van der Waals surface area contributed by atoms with E-state index >= 15 is 0 Å². The highest BCUT2D eigenvalue weighted by Gasteiger charge is 2.32. The Bertz CT molecular complexity index is 11300. The van der Waals surface area contributed by atoms with Crippen LogP contribution in [0.2, 0.25) is 0 Å². The van der Waals surface area contributed by atoms with Crippen LogP contribution in [0.4, 0.5) is 0 Å². The van der Waals surface area contributed by atoms with Crippen molar-refractivity contribution in [1.82, 2.24) is 43.6 Å². The van der Waals surface area contributed by atoms with Crippen molar-refractivity contribution in [2.24, 2.45) is 0 Å². The number of furan rings is 3. The second kappa shape index (κ2) is 31.1. The van der Waals surface area contributed by atoms with E-state index in [9.17, 15) is 0 Å². The molecule has 12 heterocycles. The highest BCUT2D eigenvalue weighted by Crippen LogP contribution is 2.54. The molecule has 0 fully saturated rings. The molecule has 0 aliphatic heterocycles. The molecule has 12 aromatic heterocycles. The summed E-state index contributed by atoms with van der Waals surface area (Å²) in [5.74, 6) is 1.88. The van der Waals surface area contributed by atoms with Gasteiger partial charge >= 0.3 is 0 Å². The van der Waals surface area contributed by atoms with Crippen molar-refractivity contribution in [3.63, 3.8) is 0 Å². The van der Waals surface area contributed by atoms with Crippen LogP contribution in [0.5, 0.6) is 0 Å². The van der Waals surface area contributed by atoms with E-state index < -0.39 is 0 Å². The minimum atomic E-state index is 0.623. The maximum Gasteiger partial charge on any atom is 0.236 e. The normalized spacial score (nSPS) is 12.2. The van der Waals surface area contributed by atoms with Gasteiger partial charge in [-0.25, -0.2) is 29.9 Å². The van der Waals surface area contributed by atoms with Crippen LogP contribution in [-0.4, -0.2) is 43.6 Å². The van der Waals surface area contributed by atoms with Gasteiger partial charge in [0.2, 0.25) is 17.8 Å². The highest BCUT2D eigenvalue weighted by molar-refractivity contribution is 7.28. The van der Waals surface area contributed by atoms with E-state index in [2.05, 4.69) is 384 Å². The zero-order chi connectivity index (χ0) is 93.3. The van der Waals surface area contributed by atoms with Crippen molar-refractivity contribution < 1.29 is 13.3 Å². The number of nitrogens with zero attached hydrogens (tertiary/aromatic N) is 9. The fourth-order valence-corrected chi connectivity index (χ4v) is 26.6. The molecule has 0 unspecified atom stereocenters. The molecule has 12 nitrogen and oxygen atoms in total. The molecule has 664 valence electrons. The lowest BCUT2D eigenvalue weighted by Crippen LogP contribution is -2.03. The third-order valence-electron chi connectivity index (χ3n) is 29.0. The second-order valence-corrected chi connectivity index (χ2v) is 39.9. The van der Waals surface area contributed by atoms with E-state index in [4.69, 9.17) is 43.2 Å². The average Bonchev–Trinajstić information content (AvgIpc) is 1.53. The SMILES string of the molecule is c1ccc(-c2ccc(-c3nc(-n4c5ccccc5c5c6sc7ccccc7c6c6ccccc6c54)nc4c3oc3ccccc34)cc2)cc1.c1ccc2c(-c3nc(-n4c5ccccc5c5c6sc7ccccc7c6c6ccccc6c54)nc4c3oc3ccccc34)cccc2c1.c1ccc2cc(-c3nc(-n4c5ccccc5c5c6sc7ccccc7c6c6ccccc6c54)nc4c3oc3ccccc34)ccc2c1. The van der Waals surface area contributed by atoms with Crippen LogP contribution in [0.3, 0.4) is 0 Å². The lowest BCUT2D eigenvalue weighted by Gasteiger charge is -2.12. The Morgan fingerprint density at radius 1 is 0.189 bits per heavy atom. The molecule has 0 aliphatic carbocycles. The highest BCUT2D eigenvalue weighted by atomic mass is 32.1. The summed E-state index contributed by atoms with van der Waals surface area (Å²) in [5.41, 5.74) is 21.2. The maximum atomic E-state index is 6.56. The van der Waals surface area contributed by atoms with Gasteiger partial charge in [0, 0.05) is 142 Å². The summed E-state index contributed by atoms with van der Waals surface area (Å²) < 4.78 is 34.2. The largest absolute Gasteiger partial charge is 0.452 e. The Morgan fingerprint density at radius 3 is 0.923 bits per heavy atom. The second-order valence-electron chi connectivity index (χ2n) is 36.7. The van der Waals surface area contributed by atoms with Gasteiger partial charge in [0.15, 0.2) is 16.7 Å². The Morgan fingerprint density at radius 2 is 0.490 bits per heavy atom. The van der Waals surface area contributed by atoms with E-state index in [1.54, 1.807) is 0 Å². The Hall–Kier alpha value is -18.4. The van der Waals surface area contributed by atoms with Gasteiger partial charge in [-0.05, 0) is 128 Å². The monoisotopic (exact) mass is 1880 g/mol. The van der Waals surface area contributed by atoms with E-state index in [1.165, 1.54) is 136 Å². The van der Waals surface area contributed by atoms with Crippen LogP contribution in [0.25, 0.3) is 309 Å². The number of benzene rings is 21. The number of rotatable bonds is 7. The zero-order valence-electron chi connectivity index (χ0n) is 76.0. The van der Waals surface area contributed by atoms with E-state index in [0.29, 0.717) is 34.6 Å². The van der Waals surface area contributed by atoms with Gasteiger partial charge in [0.25, 0.3) is 0 Å². The minimum absolute atomic E-state index is 0.623. The molecule has 0 aliphatic rings. The van der Waals surface area contributed by atoms with Crippen LogP contribution < -0.4 is 0 Å². The number of thiophene rings is 3. The quantitative estimate of drug-likeness (QED) is 0.153. The molecule has 0 amide bonds. The van der Waals surface area contributed by atoms with E-state index in [-0.39, 0.29) is 0 Å². The maximum absolute atomic E-state index is 6.56. The minimum Gasteiger partial charge on any atom is -0.452 e. The first-order valence-corrected chi connectivity index (χ1v) is 50.4. The molecule has 33 rings (SSSR count). The fraction of sp³-hybridized carbons (Fsp3) is 0. The molecule has 0 spiro atoms. The van der Waals surface area contributed by atoms with Crippen molar-refractivity contribution in [3.05, 3.63) is 431 Å². The standard InChI is InChI=1S/C44H25N3OS.2C42H23N3OS/c1-2-12-26(13-3-1)27-22-24-28(25-23-27)39-42-40(32-17-7-10-20-35(32)48-42)46-44(45-39)47-34-19-9-6-16-31(34)38-41(47)30-15-5-4-14-29(30)37-33-18-8-11-21-36(33)49-43(37)38;1-2-14-25-24(12-1)13-11-20-27(25)37-40-38(30-18-6-9-22-33(30)46-40)44-42(43-37)45-32-21-8-5-17-29(32)36-39(45)28-16-4-3-15-26(28)35-31-19-7-10-23-34(31)47-41(35)36;1-2-12-25-23-26(22-21-24(25)11-1)37-40-38(30-16-6-9-19-33(30)46-40)44-42(43-37)45-32-18-8-5-15-29(32)36-39(45)28-14-4-3-13-27(28)35-31-17-7-10-20-34(31)47-41(35)36/h1-25H;2*1-23H. The molecule has 33 aromatic rings. The number of hydrogen-bond acceptors (Lipinski definition) is 12. The summed E-state index contributed by atoms with van der Waals surface area (Å²) in [6.07, 6.45) is 0. The number of hydrogen-bond donors (Lipinski definition) is 0. The lowest BCUT2D eigenvalue weighted by molar-refractivity contribution is 0.666. The molecule has 0 bridgehead atoms. The molecular formula is C128H71N9O3S3. The predicted octanol–water partition coefficient (Wildman–Crippen LogP) is 36.0. The Labute approximate surface area is 824 Å². The predicted molar refractivity (Wildman–Crippen MR) is 599 cm³/mol. The number of aromatic nitrogens is 9. The lowest BCUT2D eigenvalue weighted by atomic mass is 10.00. The first-order valence-electron chi connectivity index (χ1n) is 47.9. The molecule has 0 N–H and O–H groups in total. The van der Waals surface area contributed by atoms with Gasteiger partial charge in [-0.2, -0.15) is 0 Å². The molecule has 143 heavy (non-hydrogen) atoms. The third-order valence-corrected chi connectivity index (χ3v) is 32.6. The molecule has 0 saturated carbocycles. The molecule has 0 saturated heterocycles. The summed E-state index contributed by atoms with van der Waals surface area (Å²) in [6.45, 7) is 0. The Kier molecular flexibility index (Phi) is 17.3. The molecule has 21 aromatic carbocycles. The van der Waals surface area contributed by atoms with E-state index in [1.807, 2.05) is 94.7 Å². The first-order chi connectivity index (χ1) is 71.0. The molecule has 15 heteroatoms. The van der Waals surface area contributed by atoms with Crippen LogP contribution in [0, 0.1) is 0 Å². The van der Waals surface area contributed by atoms with E-state index in [0.717, 1.165) is 138 Å². The van der Waals surface area contributed by atoms with Crippen molar-refractivity contribution in [2.45, 2.75) is 0 Å². The first kappa shape index (κ1) is 79.7. The van der Waals surface area contributed by atoms with Gasteiger partial charge < -0.3 is 13.3 Å². The summed E-state index contributed by atoms with van der Waals surface area (Å²) in [5, 5.41) is 29.9. The summed E-state index contributed by atoms with van der Waals surface area (Å²) in [7, 11) is 0. The van der Waals surface area contributed by atoms with Gasteiger partial charge in [-0.1, -0.05) is 352 Å². The Balaban J connectivity index is 0.0000000981. The van der Waals surface area contributed by atoms with Gasteiger partial charge in [-0.15, -0.1) is 34.0 Å². The fourth-order valence-electron chi connectivity index (χ4n) is 22.8. The smallest absolute Gasteiger partial charge is 0.236 e. The van der Waals surface area contributed by atoms with Crippen molar-refractivity contribution in [3.8, 4) is 62.7 Å². The van der Waals surface area contributed by atoms with Crippen LogP contribution in [0.15, 0.2) is 444 Å². The van der Waals surface area contributed by atoms with Crippen molar-refractivity contribution in [1.29, 1.82) is 0 Å². The van der Waals surface area contributed by atoms with Gasteiger partial charge in [0.1, 0.15) is 50.4 Å². The van der Waals surface area contributed by atoms with Gasteiger partial charge in [-0.3, -0.25) is 13.7 Å². The molecule has 0 atom stereocenters. The summed E-state index contributed by atoms with van der Waals surface area (Å²) in [4.78, 5) is 32.3. The van der Waals surface area contributed by atoms with Crippen LogP contribution in [0.1, 0.15) is 0 Å². The third kappa shape index (κ3) is 11.9. The number of para-hydroxylation sites is 6. The van der Waals surface area contributed by atoms with Crippen LogP contribution in [-0.2, 0) is 0 Å². The molecular weight excluding hydrogens is 1810 g/mol. The number of fused-ring (bicyclic) bond motifs is 41. The van der Waals surface area contributed by atoms with Gasteiger partial charge in [0.05, 0.1) is 33.1 Å². The van der Waals surface area contributed by atoms with Crippen molar-refractivity contribution >= 4 is 280 Å². The zero-order valence-corrected chi connectivity index (χ0v) is 78.4. The van der Waals surface area contributed by atoms with Crippen LogP contribution >= 0.6 is 34.0 Å². The average molecular weight is 1880 g/mol.